The summed E-state index contributed by atoms with van der Waals surface area (Å²) in [5.41, 5.74) is 0.779. The van der Waals surface area contributed by atoms with E-state index in [1.807, 2.05) is 13.8 Å². The third kappa shape index (κ3) is 12.0. The van der Waals surface area contributed by atoms with Crippen molar-refractivity contribution in [2.45, 2.75) is 79.2 Å². The first-order valence-electron chi connectivity index (χ1n) is 12.5. The van der Waals surface area contributed by atoms with E-state index in [4.69, 9.17) is 6.42 Å². The van der Waals surface area contributed by atoms with E-state index >= 15 is 0 Å². The average Bonchev–Trinajstić information content (AvgIpc) is 2.77. The lowest BCUT2D eigenvalue weighted by atomic mass is 9.87. The molecule has 2 atom stereocenters. The zero-order chi connectivity index (χ0) is 27.5. The number of ketones is 2. The Balaban J connectivity index is 2.99. The van der Waals surface area contributed by atoms with E-state index in [0.717, 1.165) is 12.0 Å². The van der Waals surface area contributed by atoms with E-state index in [1.54, 1.807) is 19.2 Å². The van der Waals surface area contributed by atoms with Gasteiger partial charge in [0.15, 0.2) is 11.6 Å². The minimum Gasteiger partial charge on any atom is -0.508 e. The van der Waals surface area contributed by atoms with Gasteiger partial charge in [-0.05, 0) is 48.3 Å². The van der Waals surface area contributed by atoms with Crippen molar-refractivity contribution < 1.29 is 24.3 Å². The molecule has 2 amide bonds. The second-order valence-corrected chi connectivity index (χ2v) is 11.2. The van der Waals surface area contributed by atoms with Crippen LogP contribution in [0.25, 0.3) is 0 Å². The first-order valence-corrected chi connectivity index (χ1v) is 12.5. The molecular formula is C29H42N2O5. The van der Waals surface area contributed by atoms with Crippen molar-refractivity contribution in [3.63, 3.8) is 0 Å². The van der Waals surface area contributed by atoms with Crippen LogP contribution < -0.4 is 5.32 Å². The lowest BCUT2D eigenvalue weighted by molar-refractivity contribution is -0.140. The Morgan fingerprint density at radius 3 is 2.25 bits per heavy atom. The van der Waals surface area contributed by atoms with Crippen molar-refractivity contribution in [2.24, 2.45) is 17.3 Å². The molecule has 36 heavy (non-hydrogen) atoms. The summed E-state index contributed by atoms with van der Waals surface area (Å²) in [6.07, 6.45) is 6.84. The van der Waals surface area contributed by atoms with Gasteiger partial charge in [-0.25, -0.2) is 0 Å². The number of benzene rings is 1. The molecular weight excluding hydrogens is 456 g/mol. The Morgan fingerprint density at radius 2 is 1.72 bits per heavy atom. The molecule has 7 heteroatoms. The van der Waals surface area contributed by atoms with Gasteiger partial charge < -0.3 is 15.3 Å². The minimum atomic E-state index is -0.864. The molecule has 0 heterocycles. The molecule has 0 saturated heterocycles. The van der Waals surface area contributed by atoms with Gasteiger partial charge in [-0.1, -0.05) is 52.7 Å². The predicted molar refractivity (Wildman–Crippen MR) is 141 cm³/mol. The van der Waals surface area contributed by atoms with Crippen LogP contribution >= 0.6 is 0 Å². The van der Waals surface area contributed by atoms with Crippen LogP contribution in [0.4, 0.5) is 0 Å². The molecule has 0 unspecified atom stereocenters. The molecule has 0 aliphatic rings. The largest absolute Gasteiger partial charge is 0.508 e. The number of nitrogens with zero attached hydrogens (tertiary/aromatic N) is 1. The normalized spacial score (nSPS) is 12.9. The smallest absolute Gasteiger partial charge is 0.232 e. The molecule has 1 rings (SSSR count). The highest BCUT2D eigenvalue weighted by molar-refractivity contribution is 5.94. The Morgan fingerprint density at radius 1 is 1.11 bits per heavy atom. The molecule has 0 aliphatic heterocycles. The number of aromatic hydroxyl groups is 1. The van der Waals surface area contributed by atoms with Crippen molar-refractivity contribution in [3.05, 3.63) is 29.8 Å². The van der Waals surface area contributed by atoms with Gasteiger partial charge in [0, 0.05) is 25.8 Å². The second-order valence-electron chi connectivity index (χ2n) is 11.2. The van der Waals surface area contributed by atoms with Gasteiger partial charge in [0.2, 0.25) is 11.8 Å². The number of likely N-dealkylation sites (N-methyl/N-ethyl adjacent to an activating group) is 1. The molecule has 0 aromatic heterocycles. The monoisotopic (exact) mass is 498 g/mol. The number of hydrogen-bond acceptors (Lipinski definition) is 5. The van der Waals surface area contributed by atoms with Crippen molar-refractivity contribution in [1.29, 1.82) is 0 Å². The van der Waals surface area contributed by atoms with Gasteiger partial charge in [0.1, 0.15) is 5.75 Å². The molecule has 1 aromatic carbocycles. The zero-order valence-corrected chi connectivity index (χ0v) is 22.6. The molecule has 7 nitrogen and oxygen atoms in total. The summed E-state index contributed by atoms with van der Waals surface area (Å²) in [4.78, 5) is 52.7. The Kier molecular flexibility index (Phi) is 12.4. The second kappa shape index (κ2) is 14.4. The first-order chi connectivity index (χ1) is 16.7. The van der Waals surface area contributed by atoms with E-state index in [-0.39, 0.29) is 60.4 Å². The Bertz CT molecular complexity index is 938. The van der Waals surface area contributed by atoms with Gasteiger partial charge in [-0.3, -0.25) is 19.2 Å². The zero-order valence-electron chi connectivity index (χ0n) is 22.6. The molecule has 1 aromatic rings. The summed E-state index contributed by atoms with van der Waals surface area (Å²) < 4.78 is 0. The predicted octanol–water partition coefficient (Wildman–Crippen LogP) is 3.92. The molecule has 0 bridgehead atoms. The summed E-state index contributed by atoms with van der Waals surface area (Å²) in [6.45, 7) is 10.2. The van der Waals surface area contributed by atoms with Crippen LogP contribution in [-0.2, 0) is 25.6 Å². The highest BCUT2D eigenvalue weighted by atomic mass is 16.3. The van der Waals surface area contributed by atoms with Crippen molar-refractivity contribution >= 4 is 23.4 Å². The van der Waals surface area contributed by atoms with E-state index in [2.05, 4.69) is 32.0 Å². The standard InChI is InChI=1S/C29H42N2O5/c1-8-9-27(35)30-25(17-21-10-12-23(32)13-11-21)26(34)18-22(16-20(2)3)28(36)31(7)19-24(33)14-15-29(4,5)6/h1,10-13,20,22,25,32H,9,14-19H2,2-7H3,(H,30,35)/t22-,25-/m0/s1. The minimum absolute atomic E-state index is 0.00748. The number of phenols is 1. The molecule has 0 saturated carbocycles. The molecule has 2 N–H and O–H groups in total. The summed E-state index contributed by atoms with van der Waals surface area (Å²) in [5.74, 6) is 0.937. The summed E-state index contributed by atoms with van der Waals surface area (Å²) >= 11 is 0. The molecule has 0 fully saturated rings. The van der Waals surface area contributed by atoms with Crippen LogP contribution in [0, 0.1) is 29.6 Å². The molecule has 0 spiro atoms. The van der Waals surface area contributed by atoms with E-state index < -0.39 is 17.9 Å². The number of carbonyl (C=O) groups is 4. The highest BCUT2D eigenvalue weighted by Gasteiger charge is 2.30. The number of carbonyl (C=O) groups excluding carboxylic acids is 4. The summed E-state index contributed by atoms with van der Waals surface area (Å²) in [7, 11) is 1.59. The van der Waals surface area contributed by atoms with Crippen molar-refractivity contribution in [1.82, 2.24) is 10.2 Å². The number of hydrogen-bond donors (Lipinski definition) is 2. The summed E-state index contributed by atoms with van der Waals surface area (Å²) in [6, 6.07) is 5.51. The van der Waals surface area contributed by atoms with Crippen LogP contribution in [0.5, 0.6) is 5.75 Å². The fraction of sp³-hybridized carbons (Fsp3) is 0.586. The maximum absolute atomic E-state index is 13.4. The topological polar surface area (TPSA) is 104 Å². The van der Waals surface area contributed by atoms with Crippen LogP contribution in [-0.4, -0.2) is 53.0 Å². The van der Waals surface area contributed by atoms with Crippen LogP contribution in [0.15, 0.2) is 24.3 Å². The summed E-state index contributed by atoms with van der Waals surface area (Å²) in [5, 5.41) is 12.2. The Labute approximate surface area is 216 Å². The van der Waals surface area contributed by atoms with Crippen LogP contribution in [0.2, 0.25) is 0 Å². The van der Waals surface area contributed by atoms with Gasteiger partial charge in [0.05, 0.1) is 19.0 Å². The SMILES string of the molecule is C#CCC(=O)N[C@@H](Cc1ccc(O)cc1)C(=O)C[C@H](CC(C)C)C(=O)N(C)CC(=O)CCC(C)(C)C. The van der Waals surface area contributed by atoms with Crippen LogP contribution in [0.1, 0.15) is 72.3 Å². The third-order valence-corrected chi connectivity index (χ3v) is 5.86. The van der Waals surface area contributed by atoms with Gasteiger partial charge >= 0.3 is 0 Å². The lowest BCUT2D eigenvalue weighted by Crippen LogP contribution is -2.45. The maximum Gasteiger partial charge on any atom is 0.232 e. The van der Waals surface area contributed by atoms with Crippen LogP contribution in [0.3, 0.4) is 0 Å². The van der Waals surface area contributed by atoms with E-state index in [9.17, 15) is 24.3 Å². The fourth-order valence-corrected chi connectivity index (χ4v) is 3.92. The van der Waals surface area contributed by atoms with Gasteiger partial charge in [-0.15, -0.1) is 6.42 Å². The number of rotatable bonds is 14. The third-order valence-electron chi connectivity index (χ3n) is 5.86. The van der Waals surface area contributed by atoms with E-state index in [0.29, 0.717) is 12.8 Å². The van der Waals surface area contributed by atoms with Gasteiger partial charge in [-0.2, -0.15) is 0 Å². The van der Waals surface area contributed by atoms with Gasteiger partial charge in [0.25, 0.3) is 0 Å². The number of Topliss-reactive ketones (excluding diaryl/α,β-unsaturated/α-hetero) is 2. The number of terminal acetylenes is 1. The average molecular weight is 499 g/mol. The molecule has 0 aliphatic carbocycles. The fourth-order valence-electron chi connectivity index (χ4n) is 3.92. The maximum atomic E-state index is 13.4. The molecule has 198 valence electrons. The number of nitrogens with one attached hydrogen (secondary N) is 1. The first kappa shape index (κ1) is 30.9. The highest BCUT2D eigenvalue weighted by Crippen LogP contribution is 2.23. The van der Waals surface area contributed by atoms with E-state index in [1.165, 1.54) is 17.0 Å². The quantitative estimate of drug-likeness (QED) is 0.379. The number of amides is 2. The Hall–Kier alpha value is -3.14. The number of phenolic OH excluding ortho intramolecular Hbond substituents is 1. The lowest BCUT2D eigenvalue weighted by Gasteiger charge is -2.26. The van der Waals surface area contributed by atoms with Crippen molar-refractivity contribution in [2.75, 3.05) is 13.6 Å². The van der Waals surface area contributed by atoms with Crippen molar-refractivity contribution in [3.8, 4) is 18.1 Å². The molecule has 0 radical (unpaired) electrons.